The van der Waals surface area contributed by atoms with Crippen LogP contribution in [0.5, 0.6) is 0 Å². The fourth-order valence-electron chi connectivity index (χ4n) is 1.65. The maximum absolute atomic E-state index is 5.93. The van der Waals surface area contributed by atoms with Gasteiger partial charge in [-0.3, -0.25) is 0 Å². The Hall–Kier alpha value is -0.123. The molecule has 2 nitrogen and oxygen atoms in total. The van der Waals surface area contributed by atoms with Crippen LogP contribution in [0.3, 0.4) is 0 Å². The van der Waals surface area contributed by atoms with Crippen molar-refractivity contribution in [2.24, 2.45) is 5.92 Å². The molecular formula is C15H32O2Si. The van der Waals surface area contributed by atoms with Gasteiger partial charge in [0.05, 0.1) is 0 Å². The van der Waals surface area contributed by atoms with E-state index in [9.17, 15) is 0 Å². The molecule has 0 saturated carbocycles. The van der Waals surface area contributed by atoms with Gasteiger partial charge in [0.1, 0.15) is 0 Å². The van der Waals surface area contributed by atoms with Gasteiger partial charge in [-0.2, -0.15) is 0 Å². The van der Waals surface area contributed by atoms with Crippen LogP contribution in [0.15, 0.2) is 12.3 Å². The number of hydrogen-bond acceptors (Lipinski definition) is 2. The van der Waals surface area contributed by atoms with Crippen molar-refractivity contribution in [3.63, 3.8) is 0 Å². The number of rotatable bonds is 12. The molecule has 0 rings (SSSR count). The molecule has 0 aliphatic carbocycles. The summed E-state index contributed by atoms with van der Waals surface area (Å²) in [6.07, 6.45) is 7.77. The first kappa shape index (κ1) is 17.9. The van der Waals surface area contributed by atoms with Crippen molar-refractivity contribution >= 4 is 8.56 Å². The molecule has 3 heteroatoms. The molecule has 18 heavy (non-hydrogen) atoms. The minimum atomic E-state index is -2.10. The first-order valence-electron chi connectivity index (χ1n) is 7.45. The summed E-state index contributed by atoms with van der Waals surface area (Å²) in [6.45, 7) is 14.1. The Morgan fingerprint density at radius 1 is 1.06 bits per heavy atom. The lowest BCUT2D eigenvalue weighted by Gasteiger charge is -2.24. The predicted molar refractivity (Wildman–Crippen MR) is 81.9 cm³/mol. The highest BCUT2D eigenvalue weighted by Crippen LogP contribution is 2.12. The Morgan fingerprint density at radius 3 is 2.22 bits per heavy atom. The molecule has 0 aromatic rings. The average Bonchev–Trinajstić information content (AvgIpc) is 2.35. The standard InChI is InChI=1S/C15H32O2Si/c1-6-8-9-10-11-12-13-16-18(5,7-2)17-14-15(3)4/h7,15H,2,6,8-14H2,1,3-5H3. The average molecular weight is 273 g/mol. The van der Waals surface area contributed by atoms with Crippen LogP contribution in [0.2, 0.25) is 6.55 Å². The highest BCUT2D eigenvalue weighted by atomic mass is 28.4. The minimum absolute atomic E-state index is 0.550. The van der Waals surface area contributed by atoms with E-state index in [0.29, 0.717) is 5.92 Å². The highest BCUT2D eigenvalue weighted by molar-refractivity contribution is 6.71. The Kier molecular flexibility index (Phi) is 10.7. The zero-order valence-corrected chi connectivity index (χ0v) is 13.8. The molecule has 0 amide bonds. The zero-order valence-electron chi connectivity index (χ0n) is 12.8. The van der Waals surface area contributed by atoms with Crippen LogP contribution in [0.4, 0.5) is 0 Å². The van der Waals surface area contributed by atoms with Crippen LogP contribution < -0.4 is 0 Å². The molecule has 1 atom stereocenters. The Balaban J connectivity index is 3.62. The van der Waals surface area contributed by atoms with Gasteiger partial charge < -0.3 is 8.85 Å². The topological polar surface area (TPSA) is 18.5 Å². The molecule has 0 radical (unpaired) electrons. The lowest BCUT2D eigenvalue weighted by Crippen LogP contribution is -2.38. The summed E-state index contributed by atoms with van der Waals surface area (Å²) in [5.41, 5.74) is 1.90. The molecular weight excluding hydrogens is 240 g/mol. The molecule has 0 saturated heterocycles. The maximum Gasteiger partial charge on any atom is 0.361 e. The number of hydrogen-bond donors (Lipinski definition) is 0. The summed E-state index contributed by atoms with van der Waals surface area (Å²) >= 11 is 0. The van der Waals surface area contributed by atoms with Gasteiger partial charge in [-0.05, 0) is 24.6 Å². The molecule has 0 fully saturated rings. The van der Waals surface area contributed by atoms with Gasteiger partial charge in [0.25, 0.3) is 0 Å². The van der Waals surface area contributed by atoms with Crippen LogP contribution in [-0.4, -0.2) is 21.8 Å². The van der Waals surface area contributed by atoms with Crippen molar-refractivity contribution in [3.05, 3.63) is 12.3 Å². The molecule has 0 bridgehead atoms. The van der Waals surface area contributed by atoms with E-state index in [4.69, 9.17) is 8.85 Å². The van der Waals surface area contributed by atoms with Crippen LogP contribution in [0, 0.1) is 5.92 Å². The smallest absolute Gasteiger partial charge is 0.361 e. The van der Waals surface area contributed by atoms with Crippen molar-refractivity contribution in [1.82, 2.24) is 0 Å². The van der Waals surface area contributed by atoms with Gasteiger partial charge in [0.15, 0.2) is 0 Å². The Bertz CT molecular complexity index is 207. The predicted octanol–water partition coefficient (Wildman–Crippen LogP) is 4.83. The van der Waals surface area contributed by atoms with E-state index in [0.717, 1.165) is 19.6 Å². The van der Waals surface area contributed by atoms with Crippen molar-refractivity contribution in [2.45, 2.75) is 65.8 Å². The lowest BCUT2D eigenvalue weighted by molar-refractivity contribution is 0.164. The van der Waals surface area contributed by atoms with Crippen molar-refractivity contribution in [3.8, 4) is 0 Å². The van der Waals surface area contributed by atoms with Crippen LogP contribution in [-0.2, 0) is 8.85 Å². The fraction of sp³-hybridized carbons (Fsp3) is 0.867. The van der Waals surface area contributed by atoms with E-state index in [2.05, 4.69) is 33.9 Å². The Morgan fingerprint density at radius 2 is 1.67 bits per heavy atom. The molecule has 0 N–H and O–H groups in total. The third kappa shape index (κ3) is 9.86. The molecule has 0 heterocycles. The molecule has 0 spiro atoms. The van der Waals surface area contributed by atoms with Crippen LogP contribution in [0.1, 0.15) is 59.3 Å². The van der Waals surface area contributed by atoms with Gasteiger partial charge >= 0.3 is 8.56 Å². The summed E-state index contributed by atoms with van der Waals surface area (Å²) in [5.74, 6) is 0.550. The summed E-state index contributed by atoms with van der Waals surface area (Å²) in [4.78, 5) is 0. The molecule has 108 valence electrons. The van der Waals surface area contributed by atoms with E-state index in [-0.39, 0.29) is 0 Å². The van der Waals surface area contributed by atoms with Gasteiger partial charge in [0.2, 0.25) is 0 Å². The van der Waals surface area contributed by atoms with Crippen molar-refractivity contribution < 1.29 is 8.85 Å². The third-order valence-corrected chi connectivity index (χ3v) is 5.22. The highest BCUT2D eigenvalue weighted by Gasteiger charge is 2.27. The van der Waals surface area contributed by atoms with E-state index in [1.807, 2.05) is 5.70 Å². The second-order valence-corrected chi connectivity index (χ2v) is 8.56. The Labute approximate surface area is 115 Å². The first-order valence-corrected chi connectivity index (χ1v) is 9.85. The largest absolute Gasteiger partial charge is 0.391 e. The van der Waals surface area contributed by atoms with Crippen molar-refractivity contribution in [1.29, 1.82) is 0 Å². The van der Waals surface area contributed by atoms with E-state index in [1.165, 1.54) is 32.1 Å². The van der Waals surface area contributed by atoms with Gasteiger partial charge in [-0.25, -0.2) is 0 Å². The van der Waals surface area contributed by atoms with E-state index in [1.54, 1.807) is 0 Å². The quantitative estimate of drug-likeness (QED) is 0.374. The zero-order chi connectivity index (χ0) is 13.9. The van der Waals surface area contributed by atoms with Crippen LogP contribution in [0.25, 0.3) is 0 Å². The maximum atomic E-state index is 5.93. The molecule has 0 aromatic heterocycles. The second-order valence-electron chi connectivity index (χ2n) is 5.54. The first-order chi connectivity index (χ1) is 8.54. The van der Waals surface area contributed by atoms with Gasteiger partial charge in [-0.1, -0.05) is 52.9 Å². The van der Waals surface area contributed by atoms with Crippen LogP contribution >= 0.6 is 0 Å². The third-order valence-electron chi connectivity index (χ3n) is 2.96. The molecule has 0 aliphatic heterocycles. The normalized spacial score (nSPS) is 14.7. The van der Waals surface area contributed by atoms with Gasteiger partial charge in [-0.15, -0.1) is 6.58 Å². The van der Waals surface area contributed by atoms with Crippen molar-refractivity contribution in [2.75, 3.05) is 13.2 Å². The minimum Gasteiger partial charge on any atom is -0.391 e. The van der Waals surface area contributed by atoms with E-state index >= 15 is 0 Å². The monoisotopic (exact) mass is 272 g/mol. The molecule has 0 aromatic carbocycles. The lowest BCUT2D eigenvalue weighted by atomic mass is 10.1. The number of unbranched alkanes of at least 4 members (excludes halogenated alkanes) is 5. The summed E-state index contributed by atoms with van der Waals surface area (Å²) in [7, 11) is -2.10. The fourth-order valence-corrected chi connectivity index (χ4v) is 3.18. The second kappa shape index (κ2) is 10.8. The SMILES string of the molecule is C=C[Si](C)(OCCCCCCCC)OCC(C)C. The summed E-state index contributed by atoms with van der Waals surface area (Å²) in [6, 6.07) is 0. The summed E-state index contributed by atoms with van der Waals surface area (Å²) in [5, 5.41) is 0. The summed E-state index contributed by atoms with van der Waals surface area (Å²) < 4.78 is 11.8. The van der Waals surface area contributed by atoms with Gasteiger partial charge in [0, 0.05) is 13.2 Å². The van der Waals surface area contributed by atoms with E-state index < -0.39 is 8.56 Å². The molecule has 0 aliphatic rings. The molecule has 1 unspecified atom stereocenters.